The Morgan fingerprint density at radius 3 is 2.71 bits per heavy atom. The molecule has 0 aromatic carbocycles. The first-order valence-electron chi connectivity index (χ1n) is 2.57. The standard InChI is InChI=1S/C5H11OS/c1-2-3-4-7-5-6/h2-5H2,1H3. The quantitative estimate of drug-likeness (QED) is 0.409. The summed E-state index contributed by atoms with van der Waals surface area (Å²) in [6, 6.07) is 0. The summed E-state index contributed by atoms with van der Waals surface area (Å²) in [5.41, 5.74) is 0. The van der Waals surface area contributed by atoms with Gasteiger partial charge >= 0.3 is 0 Å². The van der Waals surface area contributed by atoms with Crippen LogP contribution in [0.1, 0.15) is 19.8 Å². The molecule has 0 aromatic rings. The average molecular weight is 119 g/mol. The molecule has 0 bridgehead atoms. The lowest BCUT2D eigenvalue weighted by atomic mass is 10.4. The lowest BCUT2D eigenvalue weighted by Gasteiger charge is -1.89. The lowest BCUT2D eigenvalue weighted by molar-refractivity contribution is 0.260. The fraction of sp³-hybridized carbons (Fsp3) is 1.00. The highest BCUT2D eigenvalue weighted by Gasteiger charge is 1.81. The summed E-state index contributed by atoms with van der Waals surface area (Å²) in [7, 11) is 0. The maximum Gasteiger partial charge on any atom is 0.128 e. The summed E-state index contributed by atoms with van der Waals surface area (Å²) < 4.78 is 0. The van der Waals surface area contributed by atoms with Gasteiger partial charge in [-0.2, -0.15) is 0 Å². The van der Waals surface area contributed by atoms with Crippen LogP contribution < -0.4 is 0 Å². The first-order chi connectivity index (χ1) is 3.41. The summed E-state index contributed by atoms with van der Waals surface area (Å²) in [6.07, 6.45) is 2.39. The van der Waals surface area contributed by atoms with Crippen molar-refractivity contribution in [1.82, 2.24) is 0 Å². The molecule has 1 nitrogen and oxygen atoms in total. The second kappa shape index (κ2) is 6.31. The molecule has 0 spiro atoms. The van der Waals surface area contributed by atoms with Gasteiger partial charge in [0.2, 0.25) is 0 Å². The van der Waals surface area contributed by atoms with E-state index in [1.807, 2.05) is 0 Å². The van der Waals surface area contributed by atoms with Gasteiger partial charge in [-0.25, -0.2) is 5.11 Å². The van der Waals surface area contributed by atoms with Gasteiger partial charge < -0.3 is 0 Å². The molecule has 0 heterocycles. The normalized spacial score (nSPS) is 9.43. The molecule has 0 aliphatic carbocycles. The fourth-order valence-corrected chi connectivity index (χ4v) is 0.916. The zero-order chi connectivity index (χ0) is 5.54. The number of hydrogen-bond donors (Lipinski definition) is 0. The molecule has 0 fully saturated rings. The molecule has 1 radical (unpaired) electrons. The number of thioether (sulfide) groups is 1. The van der Waals surface area contributed by atoms with Crippen LogP contribution in [-0.2, 0) is 5.11 Å². The number of rotatable bonds is 4. The third-order valence-corrected chi connectivity index (χ3v) is 1.47. The molecular formula is C5H11OS. The van der Waals surface area contributed by atoms with Crippen molar-refractivity contribution in [2.75, 3.05) is 11.7 Å². The van der Waals surface area contributed by atoms with Crippen LogP contribution in [0.15, 0.2) is 0 Å². The largest absolute Gasteiger partial charge is 0.225 e. The zero-order valence-corrected chi connectivity index (χ0v) is 5.46. The number of hydrogen-bond acceptors (Lipinski definition) is 1. The van der Waals surface area contributed by atoms with Gasteiger partial charge in [-0.05, 0) is 12.2 Å². The van der Waals surface area contributed by atoms with Gasteiger partial charge in [0, 0.05) is 0 Å². The van der Waals surface area contributed by atoms with Crippen molar-refractivity contribution in [2.45, 2.75) is 19.8 Å². The van der Waals surface area contributed by atoms with Crippen molar-refractivity contribution >= 4 is 11.8 Å². The molecule has 43 valence electrons. The molecule has 0 rings (SSSR count). The third kappa shape index (κ3) is 6.31. The van der Waals surface area contributed by atoms with Crippen LogP contribution in [0.4, 0.5) is 0 Å². The van der Waals surface area contributed by atoms with Crippen molar-refractivity contribution < 1.29 is 5.11 Å². The molecule has 0 aliphatic rings. The molecule has 0 unspecified atom stereocenters. The Hall–Kier alpha value is 0.310. The Bertz CT molecular complexity index is 27.3. The molecule has 0 amide bonds. The molecule has 0 atom stereocenters. The fourth-order valence-electron chi connectivity index (χ4n) is 0.305. The minimum Gasteiger partial charge on any atom is -0.225 e. The van der Waals surface area contributed by atoms with E-state index in [9.17, 15) is 5.11 Å². The monoisotopic (exact) mass is 119 g/mol. The number of unbranched alkanes of at least 4 members (excludes halogenated alkanes) is 1. The van der Waals surface area contributed by atoms with E-state index in [1.165, 1.54) is 24.6 Å². The van der Waals surface area contributed by atoms with Crippen LogP contribution in [0.3, 0.4) is 0 Å². The highest BCUT2D eigenvalue weighted by molar-refractivity contribution is 7.99. The second-order valence-electron chi connectivity index (χ2n) is 1.38. The van der Waals surface area contributed by atoms with Crippen LogP contribution in [0.25, 0.3) is 0 Å². The van der Waals surface area contributed by atoms with Gasteiger partial charge in [0.1, 0.15) is 5.94 Å². The van der Waals surface area contributed by atoms with E-state index in [2.05, 4.69) is 6.92 Å². The summed E-state index contributed by atoms with van der Waals surface area (Å²) >= 11 is 1.48. The van der Waals surface area contributed by atoms with Gasteiger partial charge in [-0.15, -0.1) is 11.8 Å². The summed E-state index contributed by atoms with van der Waals surface area (Å²) in [5.74, 6) is 1.07. The van der Waals surface area contributed by atoms with Gasteiger partial charge in [0.05, 0.1) is 0 Å². The predicted octanol–water partition coefficient (Wildman–Crippen LogP) is 1.91. The lowest BCUT2D eigenvalue weighted by Crippen LogP contribution is -1.77. The third-order valence-electron chi connectivity index (χ3n) is 0.726. The maximum absolute atomic E-state index is 9.77. The second-order valence-corrected chi connectivity index (χ2v) is 2.43. The highest BCUT2D eigenvalue weighted by Crippen LogP contribution is 2.00. The highest BCUT2D eigenvalue weighted by atomic mass is 32.2. The Balaban J connectivity index is 2.45. The van der Waals surface area contributed by atoms with Crippen LogP contribution in [-0.4, -0.2) is 11.7 Å². The Morgan fingerprint density at radius 1 is 1.57 bits per heavy atom. The Morgan fingerprint density at radius 2 is 2.29 bits per heavy atom. The van der Waals surface area contributed by atoms with Gasteiger partial charge in [-0.1, -0.05) is 13.3 Å². The van der Waals surface area contributed by atoms with Crippen LogP contribution in [0.5, 0.6) is 0 Å². The van der Waals surface area contributed by atoms with Crippen LogP contribution in [0.2, 0.25) is 0 Å². The smallest absolute Gasteiger partial charge is 0.128 e. The molecular weight excluding hydrogens is 108 g/mol. The van der Waals surface area contributed by atoms with E-state index in [1.54, 1.807) is 0 Å². The first-order valence-corrected chi connectivity index (χ1v) is 3.73. The molecule has 0 aliphatic heterocycles. The molecule has 7 heavy (non-hydrogen) atoms. The maximum atomic E-state index is 9.77. The molecule has 0 N–H and O–H groups in total. The van der Waals surface area contributed by atoms with Crippen molar-refractivity contribution in [2.24, 2.45) is 0 Å². The first kappa shape index (κ1) is 7.31. The molecule has 0 aromatic heterocycles. The van der Waals surface area contributed by atoms with Gasteiger partial charge in [-0.3, -0.25) is 0 Å². The molecule has 0 saturated heterocycles. The molecule has 0 saturated carbocycles. The van der Waals surface area contributed by atoms with Crippen molar-refractivity contribution in [3.8, 4) is 0 Å². The minimum atomic E-state index is 0.0278. The van der Waals surface area contributed by atoms with Gasteiger partial charge in [0.25, 0.3) is 0 Å². The van der Waals surface area contributed by atoms with Gasteiger partial charge in [0.15, 0.2) is 0 Å². The van der Waals surface area contributed by atoms with E-state index in [-0.39, 0.29) is 5.94 Å². The van der Waals surface area contributed by atoms with E-state index < -0.39 is 0 Å². The Kier molecular flexibility index (Phi) is 6.59. The summed E-state index contributed by atoms with van der Waals surface area (Å²) in [5, 5.41) is 9.77. The topological polar surface area (TPSA) is 19.9 Å². The van der Waals surface area contributed by atoms with Crippen LogP contribution >= 0.6 is 11.8 Å². The predicted molar refractivity (Wildman–Crippen MR) is 32.9 cm³/mol. The summed E-state index contributed by atoms with van der Waals surface area (Å²) in [6.45, 7) is 2.13. The van der Waals surface area contributed by atoms with Crippen molar-refractivity contribution in [3.63, 3.8) is 0 Å². The SMILES string of the molecule is CCCCSC[O]. The van der Waals surface area contributed by atoms with E-state index in [0.717, 1.165) is 5.75 Å². The van der Waals surface area contributed by atoms with E-state index >= 15 is 0 Å². The van der Waals surface area contributed by atoms with E-state index in [4.69, 9.17) is 0 Å². The average Bonchev–Trinajstić information content (AvgIpc) is 1.69. The molecule has 2 heteroatoms. The van der Waals surface area contributed by atoms with Crippen molar-refractivity contribution in [1.29, 1.82) is 0 Å². The van der Waals surface area contributed by atoms with E-state index in [0.29, 0.717) is 0 Å². The summed E-state index contributed by atoms with van der Waals surface area (Å²) in [4.78, 5) is 0. The minimum absolute atomic E-state index is 0.0278. The van der Waals surface area contributed by atoms with Crippen molar-refractivity contribution in [3.05, 3.63) is 0 Å². The Labute approximate surface area is 49.1 Å². The van der Waals surface area contributed by atoms with Crippen LogP contribution in [0, 0.1) is 0 Å². The zero-order valence-electron chi connectivity index (χ0n) is 4.64.